The fourth-order valence-electron chi connectivity index (χ4n) is 3.48. The number of rotatable bonds is 5. The van der Waals surface area contributed by atoms with Gasteiger partial charge in [0.1, 0.15) is 6.61 Å². The Morgan fingerprint density at radius 1 is 1.41 bits per heavy atom. The minimum atomic E-state index is -0.886. The number of carbonyl (C=O) groups excluding carboxylic acids is 1. The minimum absolute atomic E-state index is 0.188. The maximum absolute atomic E-state index is 13.0. The standard InChI is InChI=1S/C19H17N3O5/c1-10(24)12-6-16-17-11(7-22(16)19(25)14(12)8-27-9-23)5-13-15(21-17)3-4-20-18(13)26-2/h3-6,9-10,24H,7-8H2,1-2H3. The number of ether oxygens (including phenoxy) is 2. The third-order valence-electron chi connectivity index (χ3n) is 4.73. The van der Waals surface area contributed by atoms with Gasteiger partial charge in [0.05, 0.1) is 47.6 Å². The van der Waals surface area contributed by atoms with Gasteiger partial charge in [-0.3, -0.25) is 9.59 Å². The van der Waals surface area contributed by atoms with Gasteiger partial charge < -0.3 is 19.1 Å². The smallest absolute Gasteiger partial charge is 0.293 e. The molecule has 3 aromatic rings. The summed E-state index contributed by atoms with van der Waals surface area (Å²) in [6, 6.07) is 5.43. The van der Waals surface area contributed by atoms with Crippen LogP contribution in [0.1, 0.15) is 29.7 Å². The van der Waals surface area contributed by atoms with E-state index in [-0.39, 0.29) is 24.2 Å². The van der Waals surface area contributed by atoms with Gasteiger partial charge in [-0.05, 0) is 30.7 Å². The Morgan fingerprint density at radius 2 is 2.22 bits per heavy atom. The van der Waals surface area contributed by atoms with Crippen LogP contribution in [0.15, 0.2) is 29.2 Å². The molecule has 0 fully saturated rings. The van der Waals surface area contributed by atoms with E-state index in [9.17, 15) is 14.7 Å². The second-order valence-electron chi connectivity index (χ2n) is 6.32. The van der Waals surface area contributed by atoms with Gasteiger partial charge in [-0.1, -0.05) is 0 Å². The molecule has 1 aliphatic heterocycles. The van der Waals surface area contributed by atoms with Crippen LogP contribution < -0.4 is 10.3 Å². The summed E-state index contributed by atoms with van der Waals surface area (Å²) in [5, 5.41) is 10.9. The van der Waals surface area contributed by atoms with Crippen LogP contribution in [0.25, 0.3) is 22.3 Å². The number of methoxy groups -OCH3 is 1. The number of carbonyl (C=O) groups is 1. The van der Waals surface area contributed by atoms with Gasteiger partial charge in [0, 0.05) is 11.8 Å². The van der Waals surface area contributed by atoms with Crippen molar-refractivity contribution in [1.29, 1.82) is 0 Å². The summed E-state index contributed by atoms with van der Waals surface area (Å²) in [5.74, 6) is 0.468. The minimum Gasteiger partial charge on any atom is -0.481 e. The van der Waals surface area contributed by atoms with Crippen molar-refractivity contribution in [2.24, 2.45) is 0 Å². The molecule has 0 saturated carbocycles. The predicted molar refractivity (Wildman–Crippen MR) is 96.4 cm³/mol. The fraction of sp³-hybridized carbons (Fsp3) is 0.263. The molecular weight excluding hydrogens is 350 g/mol. The van der Waals surface area contributed by atoms with Crippen LogP contribution in [-0.2, 0) is 22.7 Å². The summed E-state index contributed by atoms with van der Waals surface area (Å²) in [5.41, 5.74) is 3.24. The maximum atomic E-state index is 13.0. The molecule has 0 amide bonds. The van der Waals surface area contributed by atoms with E-state index >= 15 is 0 Å². The molecule has 3 aromatic heterocycles. The second-order valence-corrected chi connectivity index (χ2v) is 6.32. The molecule has 0 spiro atoms. The average Bonchev–Trinajstić information content (AvgIpc) is 3.02. The van der Waals surface area contributed by atoms with Crippen LogP contribution in [0.2, 0.25) is 0 Å². The van der Waals surface area contributed by atoms with E-state index in [0.29, 0.717) is 34.9 Å². The number of nitrogens with zero attached hydrogens (tertiary/aromatic N) is 3. The van der Waals surface area contributed by atoms with Gasteiger partial charge >= 0.3 is 0 Å². The van der Waals surface area contributed by atoms with Crippen molar-refractivity contribution >= 4 is 17.4 Å². The SMILES string of the molecule is COc1nccc2nc3c(cc12)Cn1c-3cc(C(C)O)c(COC=O)c1=O. The average molecular weight is 367 g/mol. The molecule has 138 valence electrons. The first-order valence-corrected chi connectivity index (χ1v) is 8.38. The molecule has 0 bridgehead atoms. The highest BCUT2D eigenvalue weighted by atomic mass is 16.5. The summed E-state index contributed by atoms with van der Waals surface area (Å²) < 4.78 is 11.7. The zero-order chi connectivity index (χ0) is 19.1. The van der Waals surface area contributed by atoms with Crippen LogP contribution >= 0.6 is 0 Å². The van der Waals surface area contributed by atoms with Crippen molar-refractivity contribution in [2.75, 3.05) is 7.11 Å². The number of aliphatic hydroxyl groups excluding tert-OH is 1. The largest absolute Gasteiger partial charge is 0.481 e. The van der Waals surface area contributed by atoms with Gasteiger partial charge in [-0.25, -0.2) is 9.97 Å². The van der Waals surface area contributed by atoms with Gasteiger partial charge in [-0.15, -0.1) is 0 Å². The van der Waals surface area contributed by atoms with E-state index < -0.39 is 6.10 Å². The zero-order valence-electron chi connectivity index (χ0n) is 14.8. The summed E-state index contributed by atoms with van der Waals surface area (Å²) in [6.07, 6.45) is 0.728. The summed E-state index contributed by atoms with van der Waals surface area (Å²) in [4.78, 5) is 32.4. The molecule has 8 nitrogen and oxygen atoms in total. The lowest BCUT2D eigenvalue weighted by molar-refractivity contribution is -0.129. The van der Waals surface area contributed by atoms with E-state index in [4.69, 9.17) is 14.5 Å². The molecule has 4 heterocycles. The fourth-order valence-corrected chi connectivity index (χ4v) is 3.48. The summed E-state index contributed by atoms with van der Waals surface area (Å²) in [7, 11) is 1.54. The third-order valence-corrected chi connectivity index (χ3v) is 4.73. The van der Waals surface area contributed by atoms with Crippen molar-refractivity contribution in [2.45, 2.75) is 26.2 Å². The predicted octanol–water partition coefficient (Wildman–Crippen LogP) is 1.56. The van der Waals surface area contributed by atoms with E-state index in [1.54, 1.807) is 36.9 Å². The lowest BCUT2D eigenvalue weighted by atomic mass is 10.0. The van der Waals surface area contributed by atoms with E-state index in [1.807, 2.05) is 6.07 Å². The van der Waals surface area contributed by atoms with Crippen molar-refractivity contribution < 1.29 is 19.4 Å². The highest BCUT2D eigenvalue weighted by Gasteiger charge is 2.27. The number of aliphatic hydroxyl groups is 1. The number of aromatic nitrogens is 3. The molecule has 0 saturated heterocycles. The van der Waals surface area contributed by atoms with E-state index in [1.165, 1.54) is 0 Å². The molecular formula is C19H17N3O5. The molecule has 0 aromatic carbocycles. The number of pyridine rings is 3. The molecule has 1 atom stereocenters. The Bertz CT molecular complexity index is 1120. The highest BCUT2D eigenvalue weighted by Crippen LogP contribution is 2.35. The first-order valence-electron chi connectivity index (χ1n) is 8.38. The Balaban J connectivity index is 1.95. The normalized spacial score (nSPS) is 13.1. The van der Waals surface area contributed by atoms with Crippen molar-refractivity contribution in [3.05, 3.63) is 51.4 Å². The quantitative estimate of drug-likeness (QED) is 0.534. The van der Waals surface area contributed by atoms with Crippen LogP contribution in [0.5, 0.6) is 5.88 Å². The Morgan fingerprint density at radius 3 is 2.93 bits per heavy atom. The highest BCUT2D eigenvalue weighted by molar-refractivity contribution is 5.87. The van der Waals surface area contributed by atoms with Crippen molar-refractivity contribution in [1.82, 2.24) is 14.5 Å². The molecule has 1 unspecified atom stereocenters. The lowest BCUT2D eigenvalue weighted by Crippen LogP contribution is -2.26. The van der Waals surface area contributed by atoms with Gasteiger partial charge in [0.25, 0.3) is 12.0 Å². The Kier molecular flexibility index (Phi) is 4.12. The third kappa shape index (κ3) is 2.65. The van der Waals surface area contributed by atoms with Gasteiger partial charge in [0.15, 0.2) is 0 Å². The lowest BCUT2D eigenvalue weighted by Gasteiger charge is -2.14. The van der Waals surface area contributed by atoms with Crippen LogP contribution in [-0.4, -0.2) is 33.2 Å². The number of hydrogen-bond donors (Lipinski definition) is 1. The monoisotopic (exact) mass is 367 g/mol. The van der Waals surface area contributed by atoms with Gasteiger partial charge in [-0.2, -0.15) is 0 Å². The van der Waals surface area contributed by atoms with Gasteiger partial charge in [0.2, 0.25) is 5.88 Å². The summed E-state index contributed by atoms with van der Waals surface area (Å²) >= 11 is 0. The van der Waals surface area contributed by atoms with Crippen LogP contribution in [0.3, 0.4) is 0 Å². The topological polar surface area (TPSA) is 104 Å². The second kappa shape index (κ2) is 6.48. The zero-order valence-corrected chi connectivity index (χ0v) is 14.8. The van der Waals surface area contributed by atoms with Crippen LogP contribution in [0.4, 0.5) is 0 Å². The molecule has 4 rings (SSSR count). The number of fused-ring (bicyclic) bond motifs is 4. The molecule has 1 N–H and O–H groups in total. The van der Waals surface area contributed by atoms with Crippen molar-refractivity contribution in [3.8, 4) is 17.3 Å². The molecule has 1 aliphatic rings. The Labute approximate surface area is 154 Å². The molecule has 0 aliphatic carbocycles. The van der Waals surface area contributed by atoms with E-state index in [2.05, 4.69) is 4.98 Å². The first-order chi connectivity index (χ1) is 13.0. The molecule has 27 heavy (non-hydrogen) atoms. The first kappa shape index (κ1) is 17.2. The number of hydrogen-bond acceptors (Lipinski definition) is 7. The summed E-state index contributed by atoms with van der Waals surface area (Å²) in [6.45, 7) is 1.99. The Hall–Kier alpha value is -3.26. The van der Waals surface area contributed by atoms with Crippen LogP contribution in [0, 0.1) is 0 Å². The molecule has 0 radical (unpaired) electrons. The van der Waals surface area contributed by atoms with E-state index in [0.717, 1.165) is 10.9 Å². The maximum Gasteiger partial charge on any atom is 0.293 e. The molecule has 8 heteroatoms. The van der Waals surface area contributed by atoms with Crippen molar-refractivity contribution in [3.63, 3.8) is 0 Å².